The van der Waals surface area contributed by atoms with E-state index in [2.05, 4.69) is 33.1 Å². The van der Waals surface area contributed by atoms with Crippen LogP contribution in [0.25, 0.3) is 24.3 Å². The molecule has 1 nitrogen and oxygen atoms in total. The Morgan fingerprint density at radius 3 is 2.38 bits per heavy atom. The van der Waals surface area contributed by atoms with Crippen molar-refractivity contribution >= 4 is 24.3 Å². The van der Waals surface area contributed by atoms with E-state index < -0.39 is 0 Å². The fourth-order valence-electron chi connectivity index (χ4n) is 1.61. The maximum Gasteiger partial charge on any atom is 0.135 e. The van der Waals surface area contributed by atoms with Crippen LogP contribution in [-0.4, -0.2) is 0 Å². The highest BCUT2D eigenvalue weighted by atomic mass is 16.3. The van der Waals surface area contributed by atoms with Gasteiger partial charge in [0.15, 0.2) is 0 Å². The third-order valence-corrected chi connectivity index (χ3v) is 2.22. The van der Waals surface area contributed by atoms with E-state index in [9.17, 15) is 0 Å². The van der Waals surface area contributed by atoms with Gasteiger partial charge in [-0.05, 0) is 32.9 Å². The van der Waals surface area contributed by atoms with Crippen LogP contribution in [0.3, 0.4) is 0 Å². The summed E-state index contributed by atoms with van der Waals surface area (Å²) in [5.41, 5.74) is 3.16. The van der Waals surface area contributed by atoms with Gasteiger partial charge in [-0.1, -0.05) is 37.0 Å². The van der Waals surface area contributed by atoms with Crippen molar-refractivity contribution in [3.05, 3.63) is 46.8 Å². The van der Waals surface area contributed by atoms with Crippen LogP contribution in [0.1, 0.15) is 32.1 Å². The molecule has 1 heterocycles. The highest BCUT2D eigenvalue weighted by Gasteiger charge is 2.05. The van der Waals surface area contributed by atoms with E-state index in [0.717, 1.165) is 22.0 Å². The quantitative estimate of drug-likeness (QED) is 0.753. The molecule has 0 radical (unpaired) electrons. The zero-order valence-electron chi connectivity index (χ0n) is 10.2. The summed E-state index contributed by atoms with van der Waals surface area (Å²) in [6, 6.07) is 0. The van der Waals surface area contributed by atoms with Crippen LogP contribution in [0, 0.1) is 0 Å². The molecule has 1 rings (SSSR count). The molecule has 0 saturated heterocycles. The zero-order valence-corrected chi connectivity index (χ0v) is 10.2. The van der Waals surface area contributed by atoms with Crippen LogP contribution in [0.2, 0.25) is 0 Å². The Labute approximate surface area is 96.8 Å². The first-order chi connectivity index (χ1) is 7.63. The average Bonchev–Trinajstić information content (AvgIpc) is 2.55. The Balaban J connectivity index is 3.71. The molecular formula is C15H18O. The summed E-state index contributed by atoms with van der Waals surface area (Å²) < 4.78 is 5.71. The first-order valence-electron chi connectivity index (χ1n) is 5.33. The number of hydrogen-bond donors (Lipinski definition) is 0. The van der Waals surface area contributed by atoms with Gasteiger partial charge in [0.1, 0.15) is 11.2 Å². The Morgan fingerprint density at radius 1 is 1.25 bits per heavy atom. The molecular weight excluding hydrogens is 196 g/mol. The monoisotopic (exact) mass is 214 g/mol. The Hall–Kier alpha value is -1.76. The van der Waals surface area contributed by atoms with E-state index in [4.69, 9.17) is 4.42 Å². The van der Waals surface area contributed by atoms with Gasteiger partial charge >= 0.3 is 0 Å². The maximum atomic E-state index is 5.71. The summed E-state index contributed by atoms with van der Waals surface area (Å²) in [5.74, 6) is 0.808. The molecule has 0 fully saturated rings. The lowest BCUT2D eigenvalue weighted by Gasteiger charge is -1.91. The zero-order chi connectivity index (χ0) is 12.1. The third kappa shape index (κ3) is 2.43. The van der Waals surface area contributed by atoms with Crippen LogP contribution < -0.4 is 10.6 Å². The topological polar surface area (TPSA) is 13.1 Å². The number of hydrogen-bond acceptors (Lipinski definition) is 1. The van der Waals surface area contributed by atoms with Crippen LogP contribution in [0.4, 0.5) is 0 Å². The molecule has 0 aliphatic carbocycles. The molecule has 0 unspecified atom stereocenters. The van der Waals surface area contributed by atoms with Gasteiger partial charge in [-0.15, -0.1) is 0 Å². The molecule has 0 aliphatic heterocycles. The van der Waals surface area contributed by atoms with Crippen molar-refractivity contribution in [2.45, 2.75) is 20.8 Å². The lowest BCUT2D eigenvalue weighted by molar-refractivity contribution is 0.521. The second-order valence-corrected chi connectivity index (χ2v) is 3.77. The van der Waals surface area contributed by atoms with Crippen molar-refractivity contribution in [3.8, 4) is 0 Å². The molecule has 1 aromatic rings. The fraction of sp³-hybridized carbons (Fsp3) is 0.200. The molecule has 84 valence electrons. The second-order valence-electron chi connectivity index (χ2n) is 3.77. The first-order valence-corrected chi connectivity index (χ1v) is 5.33. The minimum atomic E-state index is 0.808. The summed E-state index contributed by atoms with van der Waals surface area (Å²) in [5, 5.41) is 1.09. The van der Waals surface area contributed by atoms with Crippen LogP contribution >= 0.6 is 0 Å². The van der Waals surface area contributed by atoms with Gasteiger partial charge in [0.2, 0.25) is 0 Å². The minimum Gasteiger partial charge on any atom is -0.456 e. The predicted octanol–water partition coefficient (Wildman–Crippen LogP) is 3.11. The summed E-state index contributed by atoms with van der Waals surface area (Å²) >= 11 is 0. The van der Waals surface area contributed by atoms with Crippen molar-refractivity contribution in [1.29, 1.82) is 0 Å². The van der Waals surface area contributed by atoms with E-state index in [1.807, 2.05) is 19.1 Å². The standard InChI is InChI=1S/C15H18O/c1-6-9-15-12(7-2)13(10-11(4)5)14(8-3)16-15/h6-10H,1,3H2,2,4-5H3/b12-7-,15-9+. The molecule has 0 bridgehead atoms. The molecule has 0 N–H and O–H groups in total. The summed E-state index contributed by atoms with van der Waals surface area (Å²) in [6.07, 6.45) is 9.48. The molecule has 16 heavy (non-hydrogen) atoms. The van der Waals surface area contributed by atoms with Crippen LogP contribution in [0.15, 0.2) is 29.2 Å². The Bertz CT molecular complexity index is 535. The smallest absolute Gasteiger partial charge is 0.135 e. The highest BCUT2D eigenvalue weighted by molar-refractivity contribution is 5.64. The SMILES string of the molecule is C=C/C=c1/oc(C=C)c(C=C(C)C)/c1=C/C. The Kier molecular flexibility index (Phi) is 4.12. The summed E-state index contributed by atoms with van der Waals surface area (Å²) in [6.45, 7) is 13.6. The normalized spacial score (nSPS) is 12.7. The third-order valence-electron chi connectivity index (χ3n) is 2.22. The molecule has 0 aliphatic rings. The van der Waals surface area contributed by atoms with E-state index in [1.54, 1.807) is 12.2 Å². The van der Waals surface area contributed by atoms with Crippen LogP contribution in [0.5, 0.6) is 0 Å². The van der Waals surface area contributed by atoms with E-state index in [1.165, 1.54) is 5.57 Å². The van der Waals surface area contributed by atoms with Crippen molar-refractivity contribution in [2.75, 3.05) is 0 Å². The number of rotatable bonds is 3. The van der Waals surface area contributed by atoms with Crippen molar-refractivity contribution in [3.63, 3.8) is 0 Å². The summed E-state index contributed by atoms with van der Waals surface area (Å²) in [7, 11) is 0. The molecule has 0 aromatic carbocycles. The molecule has 0 amide bonds. The predicted molar refractivity (Wildman–Crippen MR) is 72.2 cm³/mol. The van der Waals surface area contributed by atoms with Crippen LogP contribution in [-0.2, 0) is 0 Å². The van der Waals surface area contributed by atoms with E-state index in [-0.39, 0.29) is 0 Å². The second kappa shape index (κ2) is 5.36. The molecule has 1 aromatic heterocycles. The van der Waals surface area contributed by atoms with Gasteiger partial charge in [-0.25, -0.2) is 0 Å². The first kappa shape index (κ1) is 12.3. The van der Waals surface area contributed by atoms with Gasteiger partial charge in [-0.3, -0.25) is 0 Å². The molecule has 0 spiro atoms. The maximum absolute atomic E-state index is 5.71. The molecule has 0 saturated carbocycles. The Morgan fingerprint density at radius 2 is 1.94 bits per heavy atom. The average molecular weight is 214 g/mol. The van der Waals surface area contributed by atoms with Crippen molar-refractivity contribution in [1.82, 2.24) is 0 Å². The van der Waals surface area contributed by atoms with Gasteiger partial charge in [0.25, 0.3) is 0 Å². The van der Waals surface area contributed by atoms with Gasteiger partial charge in [0.05, 0.1) is 0 Å². The van der Waals surface area contributed by atoms with Gasteiger partial charge in [-0.2, -0.15) is 0 Å². The number of allylic oxidation sites excluding steroid dienone is 2. The largest absolute Gasteiger partial charge is 0.456 e. The van der Waals surface area contributed by atoms with E-state index in [0.29, 0.717) is 0 Å². The van der Waals surface area contributed by atoms with Gasteiger partial charge < -0.3 is 4.42 Å². The lowest BCUT2D eigenvalue weighted by Crippen LogP contribution is -2.20. The lowest BCUT2D eigenvalue weighted by atomic mass is 10.1. The number of furan rings is 1. The van der Waals surface area contributed by atoms with Crippen molar-refractivity contribution in [2.24, 2.45) is 0 Å². The summed E-state index contributed by atoms with van der Waals surface area (Å²) in [4.78, 5) is 0. The van der Waals surface area contributed by atoms with Crippen molar-refractivity contribution < 1.29 is 4.42 Å². The highest BCUT2D eigenvalue weighted by Crippen LogP contribution is 2.09. The minimum absolute atomic E-state index is 0.808. The molecule has 0 atom stereocenters. The van der Waals surface area contributed by atoms with Gasteiger partial charge in [0, 0.05) is 10.8 Å². The fourth-order valence-corrected chi connectivity index (χ4v) is 1.61. The van der Waals surface area contributed by atoms with E-state index >= 15 is 0 Å². The molecule has 1 heteroatoms.